The van der Waals surface area contributed by atoms with E-state index in [0.717, 1.165) is 49.5 Å². The number of benzene rings is 1. The zero-order valence-electron chi connectivity index (χ0n) is 15.9. The first-order valence-corrected chi connectivity index (χ1v) is 9.53. The van der Waals surface area contributed by atoms with E-state index in [9.17, 15) is 0 Å². The Morgan fingerprint density at radius 3 is 2.74 bits per heavy atom. The Bertz CT molecular complexity index is 888. The van der Waals surface area contributed by atoms with Gasteiger partial charge >= 0.3 is 0 Å². The predicted octanol–water partition coefficient (Wildman–Crippen LogP) is 3.17. The van der Waals surface area contributed by atoms with E-state index in [1.165, 1.54) is 5.56 Å². The van der Waals surface area contributed by atoms with Gasteiger partial charge < -0.3 is 15.4 Å². The largest absolute Gasteiger partial charge is 0.381 e. The van der Waals surface area contributed by atoms with Gasteiger partial charge in [-0.2, -0.15) is 15.1 Å². The van der Waals surface area contributed by atoms with Crippen molar-refractivity contribution >= 4 is 22.8 Å². The fourth-order valence-electron chi connectivity index (χ4n) is 3.39. The summed E-state index contributed by atoms with van der Waals surface area (Å²) in [4.78, 5) is 9.41. The summed E-state index contributed by atoms with van der Waals surface area (Å²) in [6.07, 6.45) is 3.80. The van der Waals surface area contributed by atoms with E-state index in [1.807, 2.05) is 19.3 Å². The highest BCUT2D eigenvalue weighted by atomic mass is 16.5. The van der Waals surface area contributed by atoms with Crippen LogP contribution in [0.5, 0.6) is 0 Å². The van der Waals surface area contributed by atoms with Crippen molar-refractivity contribution in [1.29, 1.82) is 0 Å². The highest BCUT2D eigenvalue weighted by Gasteiger charge is 2.18. The number of fused-ring (bicyclic) bond motifs is 1. The first-order valence-electron chi connectivity index (χ1n) is 9.53. The maximum absolute atomic E-state index is 5.46. The Labute approximate surface area is 159 Å². The van der Waals surface area contributed by atoms with E-state index in [4.69, 9.17) is 9.72 Å². The maximum Gasteiger partial charge on any atom is 0.226 e. The van der Waals surface area contributed by atoms with E-state index in [0.29, 0.717) is 17.9 Å². The van der Waals surface area contributed by atoms with Gasteiger partial charge in [-0.25, -0.2) is 0 Å². The highest BCUT2D eigenvalue weighted by Crippen LogP contribution is 2.24. The molecule has 0 bridgehead atoms. The topological polar surface area (TPSA) is 76.9 Å². The SMILES string of the molecule is CC(CNc1nc(NC2CCOCC2)c2cnn(C)c2n1)c1ccccc1. The summed E-state index contributed by atoms with van der Waals surface area (Å²) in [5.41, 5.74) is 2.13. The molecule has 1 atom stereocenters. The summed E-state index contributed by atoms with van der Waals surface area (Å²) in [7, 11) is 1.91. The number of aryl methyl sites for hydroxylation is 1. The molecule has 0 spiro atoms. The van der Waals surface area contributed by atoms with Crippen LogP contribution in [0.4, 0.5) is 11.8 Å². The molecule has 7 heteroatoms. The first kappa shape index (κ1) is 17.7. The number of hydrogen-bond donors (Lipinski definition) is 2. The third-order valence-electron chi connectivity index (χ3n) is 5.09. The molecule has 7 nitrogen and oxygen atoms in total. The van der Waals surface area contributed by atoms with Crippen molar-refractivity contribution in [1.82, 2.24) is 19.7 Å². The lowest BCUT2D eigenvalue weighted by atomic mass is 10.0. The molecule has 2 aromatic heterocycles. The lowest BCUT2D eigenvalue weighted by Gasteiger charge is -2.24. The van der Waals surface area contributed by atoms with Crippen molar-refractivity contribution in [3.8, 4) is 0 Å². The molecule has 0 aliphatic carbocycles. The number of nitrogens with zero attached hydrogens (tertiary/aromatic N) is 4. The van der Waals surface area contributed by atoms with Gasteiger partial charge in [0.2, 0.25) is 5.95 Å². The zero-order chi connectivity index (χ0) is 18.6. The quantitative estimate of drug-likeness (QED) is 0.698. The number of nitrogens with one attached hydrogen (secondary N) is 2. The molecule has 1 aliphatic heterocycles. The second-order valence-electron chi connectivity index (χ2n) is 7.12. The van der Waals surface area contributed by atoms with Gasteiger partial charge in [0.25, 0.3) is 0 Å². The van der Waals surface area contributed by atoms with Crippen molar-refractivity contribution in [3.05, 3.63) is 42.1 Å². The molecule has 0 saturated carbocycles. The average Bonchev–Trinajstić information content (AvgIpc) is 3.09. The molecular formula is C20H26N6O. The van der Waals surface area contributed by atoms with E-state index in [-0.39, 0.29) is 0 Å². The summed E-state index contributed by atoms with van der Waals surface area (Å²) in [6, 6.07) is 10.8. The Morgan fingerprint density at radius 2 is 1.96 bits per heavy atom. The number of aromatic nitrogens is 4. The number of anilines is 2. The molecule has 1 fully saturated rings. The second-order valence-corrected chi connectivity index (χ2v) is 7.12. The van der Waals surface area contributed by atoms with E-state index in [1.54, 1.807) is 4.68 Å². The van der Waals surface area contributed by atoms with Crippen LogP contribution in [0.3, 0.4) is 0 Å². The minimum absolute atomic E-state index is 0.365. The zero-order valence-corrected chi connectivity index (χ0v) is 15.9. The van der Waals surface area contributed by atoms with E-state index >= 15 is 0 Å². The highest BCUT2D eigenvalue weighted by molar-refractivity contribution is 5.87. The molecule has 2 N–H and O–H groups in total. The van der Waals surface area contributed by atoms with Crippen LogP contribution in [-0.2, 0) is 11.8 Å². The van der Waals surface area contributed by atoms with Gasteiger partial charge in [0.1, 0.15) is 5.82 Å². The monoisotopic (exact) mass is 366 g/mol. The van der Waals surface area contributed by atoms with Crippen LogP contribution in [0.15, 0.2) is 36.5 Å². The first-order chi connectivity index (χ1) is 13.2. The van der Waals surface area contributed by atoms with Gasteiger partial charge in [-0.3, -0.25) is 4.68 Å². The Balaban J connectivity index is 1.54. The van der Waals surface area contributed by atoms with E-state index < -0.39 is 0 Å². The number of hydrogen-bond acceptors (Lipinski definition) is 6. The molecule has 142 valence electrons. The molecule has 1 unspecified atom stereocenters. The second kappa shape index (κ2) is 7.92. The van der Waals surface area contributed by atoms with Crippen LogP contribution in [0.25, 0.3) is 11.0 Å². The maximum atomic E-state index is 5.46. The summed E-state index contributed by atoms with van der Waals surface area (Å²) in [6.45, 7) is 4.55. The van der Waals surface area contributed by atoms with Gasteiger partial charge in [0.05, 0.1) is 11.6 Å². The van der Waals surface area contributed by atoms with Gasteiger partial charge in [-0.05, 0) is 24.3 Å². The summed E-state index contributed by atoms with van der Waals surface area (Å²) in [5.74, 6) is 1.84. The number of ether oxygens (including phenoxy) is 1. The third kappa shape index (κ3) is 4.03. The molecule has 27 heavy (non-hydrogen) atoms. The Hall–Kier alpha value is -2.67. The summed E-state index contributed by atoms with van der Waals surface area (Å²) >= 11 is 0. The fourth-order valence-corrected chi connectivity index (χ4v) is 3.39. The molecule has 3 heterocycles. The lowest BCUT2D eigenvalue weighted by Crippen LogP contribution is -2.28. The van der Waals surface area contributed by atoms with Gasteiger partial charge in [-0.1, -0.05) is 37.3 Å². The number of rotatable bonds is 6. The summed E-state index contributed by atoms with van der Waals surface area (Å²) < 4.78 is 7.25. The minimum atomic E-state index is 0.365. The van der Waals surface area contributed by atoms with Crippen LogP contribution >= 0.6 is 0 Å². The van der Waals surface area contributed by atoms with Crippen LogP contribution in [0.1, 0.15) is 31.2 Å². The molecular weight excluding hydrogens is 340 g/mol. The standard InChI is InChI=1S/C20H26N6O/c1-14(15-6-4-3-5-7-15)12-21-20-24-18(23-16-8-10-27-11-9-16)17-13-22-26(2)19(17)25-20/h3-7,13-14,16H,8-12H2,1-2H3,(H2,21,23,24,25). The van der Waals surface area contributed by atoms with Crippen molar-refractivity contribution in [2.24, 2.45) is 7.05 Å². The Kier molecular flexibility index (Phi) is 5.20. The van der Waals surface area contributed by atoms with Crippen molar-refractivity contribution in [3.63, 3.8) is 0 Å². The molecule has 4 rings (SSSR count). The molecule has 3 aromatic rings. The normalized spacial score (nSPS) is 16.4. The average molecular weight is 366 g/mol. The van der Waals surface area contributed by atoms with Crippen LogP contribution < -0.4 is 10.6 Å². The minimum Gasteiger partial charge on any atom is -0.381 e. The third-order valence-corrected chi connectivity index (χ3v) is 5.09. The van der Waals surface area contributed by atoms with Crippen LogP contribution in [-0.4, -0.2) is 45.5 Å². The smallest absolute Gasteiger partial charge is 0.226 e. The van der Waals surface area contributed by atoms with Crippen molar-refractivity contribution in [2.75, 3.05) is 30.4 Å². The van der Waals surface area contributed by atoms with E-state index in [2.05, 4.69) is 51.9 Å². The predicted molar refractivity (Wildman–Crippen MR) is 107 cm³/mol. The van der Waals surface area contributed by atoms with Crippen LogP contribution in [0, 0.1) is 0 Å². The van der Waals surface area contributed by atoms with Gasteiger partial charge in [-0.15, -0.1) is 0 Å². The van der Waals surface area contributed by atoms with Crippen molar-refractivity contribution in [2.45, 2.75) is 31.7 Å². The van der Waals surface area contributed by atoms with Crippen LogP contribution in [0.2, 0.25) is 0 Å². The molecule has 0 amide bonds. The molecule has 1 saturated heterocycles. The van der Waals surface area contributed by atoms with Gasteiger partial charge in [0.15, 0.2) is 5.65 Å². The molecule has 1 aromatic carbocycles. The molecule has 0 radical (unpaired) electrons. The Morgan fingerprint density at radius 1 is 1.19 bits per heavy atom. The van der Waals surface area contributed by atoms with Gasteiger partial charge in [0, 0.05) is 32.8 Å². The summed E-state index contributed by atoms with van der Waals surface area (Å²) in [5, 5.41) is 12.3. The molecule has 1 aliphatic rings. The van der Waals surface area contributed by atoms with Crippen molar-refractivity contribution < 1.29 is 4.74 Å². The fraction of sp³-hybridized carbons (Fsp3) is 0.450. The lowest BCUT2D eigenvalue weighted by molar-refractivity contribution is 0.0904.